The van der Waals surface area contributed by atoms with Crippen LogP contribution in [0.4, 0.5) is 0 Å². The Kier molecular flexibility index (Phi) is 7.74. The van der Waals surface area contributed by atoms with Crippen molar-refractivity contribution in [2.75, 3.05) is 0 Å². The molecule has 0 atom stereocenters. The van der Waals surface area contributed by atoms with E-state index in [1.54, 1.807) is 0 Å². The van der Waals surface area contributed by atoms with Crippen molar-refractivity contribution in [3.63, 3.8) is 0 Å². The highest BCUT2D eigenvalue weighted by Gasteiger charge is 2.19. The molecule has 0 bridgehead atoms. The maximum atomic E-state index is 6.46. The lowest BCUT2D eigenvalue weighted by atomic mass is 9.98. The molecular weight excluding hydrogens is 735 g/mol. The van der Waals surface area contributed by atoms with Gasteiger partial charge in [-0.1, -0.05) is 152 Å². The predicted octanol–water partition coefficient (Wildman–Crippen LogP) is 13.8. The lowest BCUT2D eigenvalue weighted by Gasteiger charge is -2.11. The minimum absolute atomic E-state index is 0.610. The van der Waals surface area contributed by atoms with E-state index < -0.39 is 0 Å². The summed E-state index contributed by atoms with van der Waals surface area (Å²) in [4.78, 5) is 20.3. The smallest absolute Gasteiger partial charge is 0.164 e. The number of hydrogen-bond donors (Lipinski definition) is 0. The third-order valence-corrected chi connectivity index (χ3v) is 11.5. The Labute approximate surface area is 344 Å². The van der Waals surface area contributed by atoms with Crippen LogP contribution in [0.5, 0.6) is 0 Å². The molecule has 0 unspecified atom stereocenters. The number of nitrogens with zero attached hydrogens (tertiary/aromatic N) is 5. The van der Waals surface area contributed by atoms with Crippen molar-refractivity contribution in [1.82, 2.24) is 24.5 Å². The van der Waals surface area contributed by atoms with Crippen molar-refractivity contribution >= 4 is 54.6 Å². The SMILES string of the molecule is c1ccc(-c2nc(-c3ccc(-c4ccc5c(c4)nc(-c4ccccc4)c4oc6ccccc6c45)cc3)nc(-c3ccc(-n4c5ccccc5c5ccccc54)cc3)n2)cc1. The number of hydrogen-bond acceptors (Lipinski definition) is 5. The summed E-state index contributed by atoms with van der Waals surface area (Å²) in [5, 5.41) is 5.69. The van der Waals surface area contributed by atoms with Gasteiger partial charge in [0.2, 0.25) is 0 Å². The predicted molar refractivity (Wildman–Crippen MR) is 244 cm³/mol. The summed E-state index contributed by atoms with van der Waals surface area (Å²) in [6, 6.07) is 69.2. The van der Waals surface area contributed by atoms with Gasteiger partial charge in [-0.2, -0.15) is 0 Å². The van der Waals surface area contributed by atoms with E-state index in [2.05, 4.69) is 144 Å². The molecule has 4 heterocycles. The molecule has 280 valence electrons. The molecule has 0 saturated carbocycles. The van der Waals surface area contributed by atoms with Crippen molar-refractivity contribution in [1.29, 1.82) is 0 Å². The van der Waals surface area contributed by atoms with Crippen LogP contribution in [0, 0.1) is 0 Å². The van der Waals surface area contributed by atoms with E-state index in [0.29, 0.717) is 17.5 Å². The molecule has 0 fully saturated rings. The van der Waals surface area contributed by atoms with Gasteiger partial charge in [0.25, 0.3) is 0 Å². The molecule has 0 aliphatic heterocycles. The number of furan rings is 1. The van der Waals surface area contributed by atoms with Crippen molar-refractivity contribution < 1.29 is 4.42 Å². The molecule has 0 amide bonds. The van der Waals surface area contributed by atoms with Gasteiger partial charge < -0.3 is 8.98 Å². The molecule has 0 saturated heterocycles. The van der Waals surface area contributed by atoms with E-state index in [9.17, 15) is 0 Å². The second-order valence-corrected chi connectivity index (χ2v) is 15.0. The lowest BCUT2D eigenvalue weighted by molar-refractivity contribution is 0.669. The van der Waals surface area contributed by atoms with Crippen LogP contribution in [0.2, 0.25) is 0 Å². The van der Waals surface area contributed by atoms with E-state index in [1.807, 2.05) is 60.7 Å². The average Bonchev–Trinajstić information content (AvgIpc) is 3.88. The Balaban J connectivity index is 0.932. The second kappa shape index (κ2) is 13.7. The quantitative estimate of drug-likeness (QED) is 0.168. The van der Waals surface area contributed by atoms with Crippen LogP contribution in [0.3, 0.4) is 0 Å². The monoisotopic (exact) mass is 767 g/mol. The zero-order valence-corrected chi connectivity index (χ0v) is 32.2. The third-order valence-electron chi connectivity index (χ3n) is 11.5. The summed E-state index contributed by atoms with van der Waals surface area (Å²) < 4.78 is 8.78. The van der Waals surface area contributed by atoms with Gasteiger partial charge in [0, 0.05) is 54.9 Å². The summed E-state index contributed by atoms with van der Waals surface area (Å²) in [5.41, 5.74) is 12.7. The van der Waals surface area contributed by atoms with E-state index >= 15 is 0 Å². The summed E-state index contributed by atoms with van der Waals surface area (Å²) in [7, 11) is 0. The van der Waals surface area contributed by atoms with Crippen LogP contribution in [0.15, 0.2) is 205 Å². The average molecular weight is 768 g/mol. The lowest BCUT2D eigenvalue weighted by Crippen LogP contribution is -2.00. The van der Waals surface area contributed by atoms with Gasteiger partial charge in [-0.25, -0.2) is 19.9 Å². The molecule has 6 nitrogen and oxygen atoms in total. The van der Waals surface area contributed by atoms with Gasteiger partial charge >= 0.3 is 0 Å². The highest BCUT2D eigenvalue weighted by atomic mass is 16.3. The highest BCUT2D eigenvalue weighted by Crippen LogP contribution is 2.40. The van der Waals surface area contributed by atoms with Crippen molar-refractivity contribution in [2.24, 2.45) is 0 Å². The number of aromatic nitrogens is 5. The zero-order valence-electron chi connectivity index (χ0n) is 32.2. The van der Waals surface area contributed by atoms with Gasteiger partial charge in [0.05, 0.1) is 16.6 Å². The first-order valence-corrected chi connectivity index (χ1v) is 20.1. The van der Waals surface area contributed by atoms with E-state index in [-0.39, 0.29) is 0 Å². The maximum absolute atomic E-state index is 6.46. The normalized spacial score (nSPS) is 11.7. The molecule has 0 N–H and O–H groups in total. The van der Waals surface area contributed by atoms with Crippen molar-refractivity contribution in [2.45, 2.75) is 0 Å². The molecular formula is C54H33N5O. The first-order chi connectivity index (χ1) is 29.7. The van der Waals surface area contributed by atoms with Crippen LogP contribution < -0.4 is 0 Å². The molecule has 4 aromatic heterocycles. The largest absolute Gasteiger partial charge is 0.454 e. The minimum atomic E-state index is 0.610. The van der Waals surface area contributed by atoms with Crippen LogP contribution in [-0.4, -0.2) is 24.5 Å². The van der Waals surface area contributed by atoms with Gasteiger partial charge in [0.15, 0.2) is 23.1 Å². The van der Waals surface area contributed by atoms with Crippen LogP contribution in [0.1, 0.15) is 0 Å². The maximum Gasteiger partial charge on any atom is 0.164 e. The zero-order chi connectivity index (χ0) is 39.6. The second-order valence-electron chi connectivity index (χ2n) is 15.0. The Morgan fingerprint density at radius 3 is 1.47 bits per heavy atom. The summed E-state index contributed by atoms with van der Waals surface area (Å²) >= 11 is 0. The number of fused-ring (bicyclic) bond motifs is 8. The Morgan fingerprint density at radius 2 is 0.833 bits per heavy atom. The summed E-state index contributed by atoms with van der Waals surface area (Å²) in [6.07, 6.45) is 0. The molecule has 12 aromatic rings. The molecule has 0 aliphatic rings. The van der Waals surface area contributed by atoms with Gasteiger partial charge in [0.1, 0.15) is 11.3 Å². The molecule has 12 rings (SSSR count). The van der Waals surface area contributed by atoms with Gasteiger partial charge in [-0.05, 0) is 59.7 Å². The number of benzene rings is 8. The molecule has 6 heteroatoms. The minimum Gasteiger partial charge on any atom is -0.454 e. The van der Waals surface area contributed by atoms with Crippen LogP contribution in [-0.2, 0) is 0 Å². The van der Waals surface area contributed by atoms with Crippen LogP contribution in [0.25, 0.3) is 117 Å². The number of rotatable bonds is 6. The van der Waals surface area contributed by atoms with E-state index in [0.717, 1.165) is 77.6 Å². The molecule has 0 aliphatic carbocycles. The fourth-order valence-corrected chi connectivity index (χ4v) is 8.58. The Hall–Kier alpha value is -8.22. The fraction of sp³-hybridized carbons (Fsp3) is 0. The molecule has 0 radical (unpaired) electrons. The number of para-hydroxylation sites is 3. The first-order valence-electron chi connectivity index (χ1n) is 20.1. The van der Waals surface area contributed by atoms with Gasteiger partial charge in [-0.15, -0.1) is 0 Å². The fourth-order valence-electron chi connectivity index (χ4n) is 8.58. The standard InChI is InChI=1S/C54H33N5O/c1-3-13-35(14-4-1)50-51-49(44-19-9-12-22-48(44)60-51)43-32-29-39(33-45(43)55-50)34-23-25-37(26-24-34)53-56-52(36-15-5-2-6-16-36)57-54(58-53)38-27-30-40(31-28-38)59-46-20-10-7-17-41(46)42-18-8-11-21-47(42)59/h1-33H. The van der Waals surface area contributed by atoms with Crippen molar-refractivity contribution in [3.05, 3.63) is 200 Å². The first kappa shape index (κ1) is 33.9. The summed E-state index contributed by atoms with van der Waals surface area (Å²) in [6.45, 7) is 0. The Morgan fingerprint density at radius 1 is 0.350 bits per heavy atom. The van der Waals surface area contributed by atoms with Crippen LogP contribution >= 0.6 is 0 Å². The summed E-state index contributed by atoms with van der Waals surface area (Å²) in [5.74, 6) is 1.85. The van der Waals surface area contributed by atoms with E-state index in [4.69, 9.17) is 24.4 Å². The molecule has 8 aromatic carbocycles. The van der Waals surface area contributed by atoms with Gasteiger partial charge in [-0.3, -0.25) is 0 Å². The molecule has 0 spiro atoms. The van der Waals surface area contributed by atoms with Crippen molar-refractivity contribution in [3.8, 4) is 62.2 Å². The topological polar surface area (TPSA) is 69.6 Å². The molecule has 60 heavy (non-hydrogen) atoms. The van der Waals surface area contributed by atoms with E-state index in [1.165, 1.54) is 21.8 Å². The highest BCUT2D eigenvalue weighted by molar-refractivity contribution is 6.21. The Bertz CT molecular complexity index is 3520. The third kappa shape index (κ3) is 5.57. The number of pyridine rings is 1.